The zero-order chi connectivity index (χ0) is 22.3. The Bertz CT molecular complexity index is 830. The van der Waals surface area contributed by atoms with E-state index in [1.807, 2.05) is 16.7 Å². The largest absolute Gasteiger partial charge is 0.392 e. The van der Waals surface area contributed by atoms with Crippen molar-refractivity contribution in [3.63, 3.8) is 0 Å². The van der Waals surface area contributed by atoms with Crippen molar-refractivity contribution in [3.05, 3.63) is 59.2 Å². The van der Waals surface area contributed by atoms with E-state index >= 15 is 0 Å². The van der Waals surface area contributed by atoms with E-state index in [2.05, 4.69) is 49.4 Å². The van der Waals surface area contributed by atoms with Crippen LogP contribution in [0.4, 0.5) is 0 Å². The van der Waals surface area contributed by atoms with Crippen LogP contribution in [0.1, 0.15) is 36.8 Å². The van der Waals surface area contributed by atoms with Gasteiger partial charge in [0.25, 0.3) is 0 Å². The number of thioether (sulfide) groups is 1. The molecule has 0 spiro atoms. The number of allylic oxidation sites excluding steroid dienone is 2. The topological polar surface area (TPSA) is 49.8 Å². The van der Waals surface area contributed by atoms with E-state index < -0.39 is 0 Å². The highest BCUT2D eigenvalue weighted by atomic mass is 32.2. The van der Waals surface area contributed by atoms with Crippen LogP contribution in [0.3, 0.4) is 0 Å². The Kier molecular flexibility index (Phi) is 8.50. The normalized spacial score (nSPS) is 27.7. The average molecular weight is 456 g/mol. The lowest BCUT2D eigenvalue weighted by Crippen LogP contribution is -2.40. The minimum Gasteiger partial charge on any atom is -0.392 e. The predicted molar refractivity (Wildman–Crippen MR) is 132 cm³/mol. The van der Waals surface area contributed by atoms with Crippen molar-refractivity contribution in [1.29, 1.82) is 0 Å². The van der Waals surface area contributed by atoms with E-state index in [0.29, 0.717) is 31.5 Å². The number of benzene rings is 1. The van der Waals surface area contributed by atoms with Crippen LogP contribution >= 0.6 is 11.8 Å². The Morgan fingerprint density at radius 2 is 2.16 bits per heavy atom. The summed E-state index contributed by atoms with van der Waals surface area (Å²) in [7, 11) is 0. The smallest absolute Gasteiger partial charge is 0.223 e. The number of hydrogen-bond donors (Lipinski definition) is 1. The Labute approximate surface area is 197 Å². The molecule has 1 saturated carbocycles. The van der Waals surface area contributed by atoms with E-state index in [9.17, 15) is 9.90 Å². The summed E-state index contributed by atoms with van der Waals surface area (Å²) in [6.45, 7) is 4.95. The molecule has 2 fully saturated rings. The Morgan fingerprint density at radius 3 is 2.97 bits per heavy atom. The zero-order valence-corrected chi connectivity index (χ0v) is 20.1. The first-order valence-electron chi connectivity index (χ1n) is 12.1. The van der Waals surface area contributed by atoms with Gasteiger partial charge in [0.1, 0.15) is 0 Å². The molecule has 1 saturated heterocycles. The summed E-state index contributed by atoms with van der Waals surface area (Å²) >= 11 is 1.88. The molecule has 0 radical (unpaired) electrons. The molecule has 2 aliphatic carbocycles. The quantitative estimate of drug-likeness (QED) is 0.443. The second-order valence-corrected chi connectivity index (χ2v) is 10.6. The number of carbonyl (C=O) groups excluding carboxylic acids is 1. The van der Waals surface area contributed by atoms with Crippen molar-refractivity contribution in [3.8, 4) is 0 Å². The number of rotatable bonds is 9. The number of hydrogen-bond acceptors (Lipinski definition) is 4. The summed E-state index contributed by atoms with van der Waals surface area (Å²) in [5.41, 5.74) is 4.20. The van der Waals surface area contributed by atoms with Gasteiger partial charge in [0, 0.05) is 36.9 Å². The highest BCUT2D eigenvalue weighted by molar-refractivity contribution is 7.99. The number of aliphatic hydroxyl groups is 1. The first-order valence-corrected chi connectivity index (χ1v) is 13.3. The number of fused-ring (bicyclic) bond motifs is 1. The van der Waals surface area contributed by atoms with Gasteiger partial charge in [-0.3, -0.25) is 4.79 Å². The fourth-order valence-electron chi connectivity index (χ4n) is 5.42. The van der Waals surface area contributed by atoms with Crippen molar-refractivity contribution in [1.82, 2.24) is 4.90 Å². The molecule has 1 aromatic rings. The second kappa shape index (κ2) is 11.5. The van der Waals surface area contributed by atoms with Crippen molar-refractivity contribution in [2.75, 3.05) is 37.8 Å². The number of ether oxygens (including phenoxy) is 1. The molecule has 4 atom stereocenters. The number of nitrogens with zero attached hydrogens (tertiary/aromatic N) is 1. The molecular weight excluding hydrogens is 418 g/mol. The van der Waals surface area contributed by atoms with Crippen molar-refractivity contribution in [2.24, 2.45) is 17.8 Å². The average Bonchev–Trinajstić information content (AvgIpc) is 3.31. The molecule has 174 valence electrons. The summed E-state index contributed by atoms with van der Waals surface area (Å²) < 4.78 is 5.32. The van der Waals surface area contributed by atoms with Crippen LogP contribution in [0.15, 0.2) is 48.1 Å². The monoisotopic (exact) mass is 455 g/mol. The highest BCUT2D eigenvalue weighted by Gasteiger charge is 2.43. The molecular formula is C27H37NO3S. The van der Waals surface area contributed by atoms with Crippen molar-refractivity contribution in [2.45, 2.75) is 45.1 Å². The van der Waals surface area contributed by atoms with Crippen LogP contribution in [-0.2, 0) is 16.0 Å². The van der Waals surface area contributed by atoms with Gasteiger partial charge >= 0.3 is 0 Å². The van der Waals surface area contributed by atoms with Gasteiger partial charge in [-0.2, -0.15) is 11.8 Å². The summed E-state index contributed by atoms with van der Waals surface area (Å²) in [6, 6.07) is 8.72. The highest BCUT2D eigenvalue weighted by Crippen LogP contribution is 2.47. The number of carbonyl (C=O) groups is 1. The zero-order valence-electron chi connectivity index (χ0n) is 19.2. The van der Waals surface area contributed by atoms with Gasteiger partial charge in [-0.05, 0) is 50.0 Å². The fourth-order valence-corrected chi connectivity index (χ4v) is 6.36. The number of aryl methyl sites for hydroxylation is 2. The Morgan fingerprint density at radius 1 is 1.31 bits per heavy atom. The fraction of sp³-hybridized carbons (Fsp3) is 0.593. The van der Waals surface area contributed by atoms with Crippen LogP contribution in [0, 0.1) is 24.7 Å². The van der Waals surface area contributed by atoms with E-state index in [1.54, 1.807) is 0 Å². The Hall–Kier alpha value is -1.56. The van der Waals surface area contributed by atoms with Gasteiger partial charge in [0.2, 0.25) is 5.91 Å². The molecule has 0 unspecified atom stereocenters. The lowest BCUT2D eigenvalue weighted by Gasteiger charge is -2.26. The maximum absolute atomic E-state index is 12.3. The van der Waals surface area contributed by atoms with Crippen LogP contribution in [0.2, 0.25) is 0 Å². The number of aliphatic hydroxyl groups excluding tert-OH is 1. The van der Waals surface area contributed by atoms with E-state index in [4.69, 9.17) is 4.74 Å². The van der Waals surface area contributed by atoms with E-state index in [-0.39, 0.29) is 17.9 Å². The summed E-state index contributed by atoms with van der Waals surface area (Å²) in [4.78, 5) is 14.2. The molecule has 1 amide bonds. The molecule has 0 bridgehead atoms. The van der Waals surface area contributed by atoms with Crippen LogP contribution < -0.4 is 0 Å². The van der Waals surface area contributed by atoms with Crippen molar-refractivity contribution < 1.29 is 14.6 Å². The minimum atomic E-state index is -0.211. The molecule has 1 aliphatic heterocycles. The van der Waals surface area contributed by atoms with Crippen LogP contribution in [0.5, 0.6) is 0 Å². The minimum absolute atomic E-state index is 0.211. The number of amides is 1. The maximum atomic E-state index is 12.3. The molecule has 1 heterocycles. The van der Waals surface area contributed by atoms with Crippen molar-refractivity contribution >= 4 is 17.7 Å². The molecule has 4 rings (SSSR count). The van der Waals surface area contributed by atoms with Crippen LogP contribution in [0.25, 0.3) is 0 Å². The lowest BCUT2D eigenvalue weighted by atomic mass is 9.89. The molecule has 1 N–H and O–H groups in total. The third-order valence-electron chi connectivity index (χ3n) is 7.10. The van der Waals surface area contributed by atoms with Gasteiger partial charge in [0.05, 0.1) is 19.3 Å². The van der Waals surface area contributed by atoms with Gasteiger partial charge in [-0.25, -0.2) is 0 Å². The van der Waals surface area contributed by atoms with E-state index in [0.717, 1.165) is 50.3 Å². The molecule has 5 heteroatoms. The third-order valence-corrected chi connectivity index (χ3v) is 8.17. The van der Waals surface area contributed by atoms with Gasteiger partial charge in [-0.1, -0.05) is 53.6 Å². The SMILES string of the molecule is Cc1cccc(CCC=C[C@@H]2[C@H]3CC(CSCCC(=O)N4CCOCC4)=C[C@H]3C[C@H]2O)c1. The van der Waals surface area contributed by atoms with E-state index in [1.165, 1.54) is 16.7 Å². The number of morpholine rings is 1. The first kappa shape index (κ1) is 23.6. The second-order valence-electron chi connectivity index (χ2n) is 9.49. The predicted octanol–water partition coefficient (Wildman–Crippen LogP) is 4.41. The maximum Gasteiger partial charge on any atom is 0.223 e. The van der Waals surface area contributed by atoms with Gasteiger partial charge < -0.3 is 14.7 Å². The summed E-state index contributed by atoms with van der Waals surface area (Å²) in [6.07, 6.45) is 11.5. The van der Waals surface area contributed by atoms with Crippen LogP contribution in [-0.4, -0.2) is 59.8 Å². The molecule has 3 aliphatic rings. The summed E-state index contributed by atoms with van der Waals surface area (Å²) in [5.74, 6) is 3.50. The van der Waals surface area contributed by atoms with Gasteiger partial charge in [0.15, 0.2) is 0 Å². The Balaban J connectivity index is 1.17. The molecule has 1 aromatic carbocycles. The van der Waals surface area contributed by atoms with Gasteiger partial charge in [-0.15, -0.1) is 0 Å². The lowest BCUT2D eigenvalue weighted by molar-refractivity contribution is -0.134. The first-order chi connectivity index (χ1) is 15.6. The molecule has 4 nitrogen and oxygen atoms in total. The molecule has 0 aromatic heterocycles. The summed E-state index contributed by atoms with van der Waals surface area (Å²) in [5, 5.41) is 10.6. The third kappa shape index (κ3) is 6.27. The molecule has 32 heavy (non-hydrogen) atoms. The standard InChI is InChI=1S/C27H37NO3S/c1-20-5-4-7-21(15-20)6-2-3-8-24-25-17-22(16-23(25)18-26(24)29)19-32-14-9-27(30)28-10-12-31-13-11-28/h3-5,7-8,15-16,23-26,29H,2,6,9-14,17-19H2,1H3/t23-,24+,25-,26+/m0/s1.